The molecule has 3 aromatic rings. The summed E-state index contributed by atoms with van der Waals surface area (Å²) in [6, 6.07) is 16.0. The molecule has 0 aliphatic rings. The minimum absolute atomic E-state index is 0.372. The highest BCUT2D eigenvalue weighted by molar-refractivity contribution is 7.41. The molecule has 2 aromatic carbocycles. The Morgan fingerprint density at radius 3 is 2.27 bits per heavy atom. The summed E-state index contributed by atoms with van der Waals surface area (Å²) in [5, 5.41) is 0.677. The fraction of sp³-hybridized carbons (Fsp3) is 0.222. The van der Waals surface area contributed by atoms with E-state index in [0.29, 0.717) is 20.5 Å². The molecule has 0 aliphatic heterocycles. The average Bonchev–Trinajstić information content (AvgIpc) is 2.87. The maximum Gasteiger partial charge on any atom is 0.601 e. The molecule has 1 aromatic heterocycles. The molecule has 1 unspecified atom stereocenters. The highest BCUT2D eigenvalue weighted by atomic mass is 32.2. The van der Waals surface area contributed by atoms with E-state index < -0.39 is 16.0 Å². The quantitative estimate of drug-likeness (QED) is 0.472. The third-order valence-corrected chi connectivity index (χ3v) is 5.72. The van der Waals surface area contributed by atoms with Crippen LogP contribution in [0.3, 0.4) is 0 Å². The van der Waals surface area contributed by atoms with Gasteiger partial charge in [0.05, 0.1) is 0 Å². The van der Waals surface area contributed by atoms with Gasteiger partial charge in [0.25, 0.3) is 0 Å². The van der Waals surface area contributed by atoms with E-state index in [1.54, 1.807) is 30.3 Å². The summed E-state index contributed by atoms with van der Waals surface area (Å²) < 4.78 is 41.0. The van der Waals surface area contributed by atoms with Crippen LogP contribution in [0.1, 0.15) is 18.9 Å². The van der Waals surface area contributed by atoms with Crippen LogP contribution in [-0.2, 0) is 11.9 Å². The second kappa shape index (κ2) is 5.76. The van der Waals surface area contributed by atoms with E-state index in [9.17, 15) is 13.2 Å². The predicted molar refractivity (Wildman–Crippen MR) is 87.2 cm³/mol. The first-order chi connectivity index (χ1) is 10.5. The summed E-state index contributed by atoms with van der Waals surface area (Å²) in [5.74, 6) is 0. The van der Waals surface area contributed by atoms with E-state index in [2.05, 4.69) is 6.92 Å². The molecule has 3 rings (SSSR count). The van der Waals surface area contributed by atoms with E-state index >= 15 is 0 Å². The van der Waals surface area contributed by atoms with E-state index in [0.717, 1.165) is 18.4 Å². The first kappa shape index (κ1) is 15.1. The van der Waals surface area contributed by atoms with Gasteiger partial charge >= 0.3 is 5.51 Å². The van der Waals surface area contributed by atoms with Gasteiger partial charge in [-0.25, -0.2) is 0 Å². The lowest BCUT2D eigenvalue weighted by Crippen LogP contribution is -1.96. The SMILES string of the molecule is CCCc1ccc(-c2cc3ccccc3[s+]2C(F)(F)F)cc1. The van der Waals surface area contributed by atoms with Crippen molar-refractivity contribution in [2.75, 3.05) is 0 Å². The number of hydrogen-bond acceptors (Lipinski definition) is 0. The van der Waals surface area contributed by atoms with Crippen molar-refractivity contribution >= 4 is 20.6 Å². The van der Waals surface area contributed by atoms with Gasteiger partial charge < -0.3 is 0 Å². The molecular weight excluding hydrogens is 305 g/mol. The van der Waals surface area contributed by atoms with Crippen molar-refractivity contribution in [1.29, 1.82) is 0 Å². The van der Waals surface area contributed by atoms with Gasteiger partial charge in [0.1, 0.15) is 10.5 Å². The number of rotatable bonds is 3. The number of thiophene rings is 1. The average molecular weight is 321 g/mol. The third-order valence-electron chi connectivity index (χ3n) is 3.65. The van der Waals surface area contributed by atoms with Crippen LogP contribution < -0.4 is 0 Å². The molecule has 0 fully saturated rings. The Kier molecular flexibility index (Phi) is 3.96. The molecule has 0 N–H and O–H groups in total. The minimum atomic E-state index is -4.25. The van der Waals surface area contributed by atoms with E-state index in [4.69, 9.17) is 0 Å². The zero-order valence-electron chi connectivity index (χ0n) is 12.2. The number of hydrogen-bond donors (Lipinski definition) is 0. The Morgan fingerprint density at radius 1 is 0.955 bits per heavy atom. The maximum atomic E-state index is 13.5. The van der Waals surface area contributed by atoms with Crippen molar-refractivity contribution < 1.29 is 13.2 Å². The van der Waals surface area contributed by atoms with Crippen LogP contribution in [0.4, 0.5) is 13.2 Å². The first-order valence-corrected chi connectivity index (χ1v) is 8.44. The maximum absolute atomic E-state index is 13.5. The van der Waals surface area contributed by atoms with Crippen molar-refractivity contribution in [1.82, 2.24) is 0 Å². The molecule has 0 nitrogen and oxygen atoms in total. The van der Waals surface area contributed by atoms with Crippen LogP contribution in [0.5, 0.6) is 0 Å². The zero-order valence-corrected chi connectivity index (χ0v) is 13.0. The van der Waals surface area contributed by atoms with Crippen molar-refractivity contribution in [2.24, 2.45) is 0 Å². The summed E-state index contributed by atoms with van der Waals surface area (Å²) in [5.41, 5.74) is -2.42. The lowest BCUT2D eigenvalue weighted by Gasteiger charge is -2.02. The molecule has 0 saturated carbocycles. The van der Waals surface area contributed by atoms with Gasteiger partial charge in [-0.15, -0.1) is 13.2 Å². The molecule has 1 heterocycles. The molecule has 1 atom stereocenters. The summed E-state index contributed by atoms with van der Waals surface area (Å²) in [6.07, 6.45) is 1.98. The fourth-order valence-corrected chi connectivity index (χ4v) is 4.61. The van der Waals surface area contributed by atoms with Gasteiger partial charge in [0.2, 0.25) is 0 Å². The van der Waals surface area contributed by atoms with Crippen LogP contribution >= 0.6 is 10.5 Å². The number of benzene rings is 2. The lowest BCUT2D eigenvalue weighted by molar-refractivity contribution is -0.0864. The highest BCUT2D eigenvalue weighted by Crippen LogP contribution is 2.54. The van der Waals surface area contributed by atoms with Gasteiger partial charge in [-0.1, -0.05) is 37.6 Å². The van der Waals surface area contributed by atoms with Crippen molar-refractivity contribution in [3.05, 3.63) is 60.2 Å². The molecule has 0 saturated heterocycles. The molecule has 0 radical (unpaired) electrons. The molecular formula is C18H16F3S+. The van der Waals surface area contributed by atoms with Gasteiger partial charge in [-0.05, 0) is 36.2 Å². The third kappa shape index (κ3) is 2.75. The van der Waals surface area contributed by atoms with Gasteiger partial charge in [-0.3, -0.25) is 0 Å². The second-order valence-electron chi connectivity index (χ2n) is 5.25. The standard InChI is InChI=1S/C18H16F3S/c1-2-5-13-8-10-14(11-9-13)17-12-15-6-3-4-7-16(15)22(17)18(19,20)21/h3-4,6-12H,2,5H2,1H3/q+1. The van der Waals surface area contributed by atoms with E-state index in [-0.39, 0.29) is 0 Å². The summed E-state index contributed by atoms with van der Waals surface area (Å²) in [7, 11) is -1.86. The monoisotopic (exact) mass is 321 g/mol. The number of halogens is 3. The van der Waals surface area contributed by atoms with E-state index in [1.807, 2.05) is 24.3 Å². The van der Waals surface area contributed by atoms with E-state index in [1.165, 1.54) is 0 Å². The fourth-order valence-electron chi connectivity index (χ4n) is 2.68. The summed E-state index contributed by atoms with van der Waals surface area (Å²) in [4.78, 5) is 0.372. The van der Waals surface area contributed by atoms with Crippen LogP contribution in [0.25, 0.3) is 20.5 Å². The molecule has 0 amide bonds. The Bertz CT molecular complexity index is 782. The van der Waals surface area contributed by atoms with Crippen molar-refractivity contribution in [3.63, 3.8) is 0 Å². The highest BCUT2D eigenvalue weighted by Gasteiger charge is 2.48. The van der Waals surface area contributed by atoms with Crippen LogP contribution in [0.15, 0.2) is 54.6 Å². The lowest BCUT2D eigenvalue weighted by atomic mass is 10.1. The smallest absolute Gasteiger partial charge is 0.118 e. The molecule has 22 heavy (non-hydrogen) atoms. The molecule has 114 valence electrons. The topological polar surface area (TPSA) is 0 Å². The minimum Gasteiger partial charge on any atom is -0.118 e. The molecule has 0 aliphatic carbocycles. The van der Waals surface area contributed by atoms with Crippen LogP contribution in [0, 0.1) is 0 Å². The van der Waals surface area contributed by atoms with Gasteiger partial charge in [0.15, 0.2) is 9.58 Å². The molecule has 0 spiro atoms. The Morgan fingerprint density at radius 2 is 1.64 bits per heavy atom. The number of aryl methyl sites for hydroxylation is 1. The normalized spacial score (nSPS) is 12.8. The predicted octanol–water partition coefficient (Wildman–Crippen LogP) is 6.68. The number of alkyl halides is 3. The van der Waals surface area contributed by atoms with Crippen LogP contribution in [0.2, 0.25) is 0 Å². The molecule has 0 bridgehead atoms. The van der Waals surface area contributed by atoms with Crippen LogP contribution in [-0.4, -0.2) is 0 Å². The Balaban J connectivity index is 2.17. The van der Waals surface area contributed by atoms with Crippen molar-refractivity contribution in [3.8, 4) is 10.4 Å². The Labute approximate surface area is 130 Å². The summed E-state index contributed by atoms with van der Waals surface area (Å²) >= 11 is 0. The molecule has 4 heteroatoms. The van der Waals surface area contributed by atoms with Crippen molar-refractivity contribution in [2.45, 2.75) is 25.3 Å². The number of fused-ring (bicyclic) bond motifs is 1. The van der Waals surface area contributed by atoms with Gasteiger partial charge in [-0.2, -0.15) is 0 Å². The second-order valence-corrected chi connectivity index (χ2v) is 7.20. The largest absolute Gasteiger partial charge is 0.601 e. The first-order valence-electron chi connectivity index (χ1n) is 7.22. The van der Waals surface area contributed by atoms with Gasteiger partial charge in [0, 0.05) is 17.0 Å². The zero-order chi connectivity index (χ0) is 15.7. The summed E-state index contributed by atoms with van der Waals surface area (Å²) in [6.45, 7) is 2.09. The Hall–Kier alpha value is -1.81.